The summed E-state index contributed by atoms with van der Waals surface area (Å²) in [6, 6.07) is 0. The lowest BCUT2D eigenvalue weighted by atomic mass is 10.2. The third kappa shape index (κ3) is 2.55. The van der Waals surface area contributed by atoms with Gasteiger partial charge in [0.15, 0.2) is 0 Å². The molecule has 0 aromatic carbocycles. The molecule has 0 spiro atoms. The van der Waals surface area contributed by atoms with Gasteiger partial charge in [0.2, 0.25) is 5.91 Å². The van der Waals surface area contributed by atoms with Gasteiger partial charge in [-0.05, 0) is 12.8 Å². The lowest BCUT2D eigenvalue weighted by molar-refractivity contribution is -0.126. The first-order valence-electron chi connectivity index (χ1n) is 3.95. The molecule has 1 rings (SSSR count). The fourth-order valence-electron chi connectivity index (χ4n) is 0.892. The van der Waals surface area contributed by atoms with Crippen molar-refractivity contribution < 1.29 is 14.7 Å². The summed E-state index contributed by atoms with van der Waals surface area (Å²) in [6.07, 6.45) is 2.19. The van der Waals surface area contributed by atoms with E-state index >= 15 is 0 Å². The smallest absolute Gasteiger partial charge is 0.252 e. The Balaban J connectivity index is 2.55. The number of carbonyl (C=O) groups is 2. The quantitative estimate of drug-likeness (QED) is 0.481. The number of nitrogens with two attached hydrogens (primary N) is 1. The zero-order valence-corrected chi connectivity index (χ0v) is 7.33. The zero-order chi connectivity index (χ0) is 10.1. The lowest BCUT2D eigenvalue weighted by Crippen LogP contribution is -2.29. The van der Waals surface area contributed by atoms with Crippen molar-refractivity contribution in [1.29, 1.82) is 0 Å². The molecule has 13 heavy (non-hydrogen) atoms. The van der Waals surface area contributed by atoms with Crippen LogP contribution in [0.3, 0.4) is 0 Å². The Morgan fingerprint density at radius 1 is 1.54 bits per heavy atom. The summed E-state index contributed by atoms with van der Waals surface area (Å²) in [6.45, 7) is 1.23. The summed E-state index contributed by atoms with van der Waals surface area (Å²) in [5, 5.41) is 11.5. The van der Waals surface area contributed by atoms with E-state index in [0.717, 1.165) is 6.08 Å². The molecule has 4 N–H and O–H groups in total. The molecule has 0 bridgehead atoms. The fourth-order valence-corrected chi connectivity index (χ4v) is 0.892. The minimum Gasteiger partial charge on any atom is -0.400 e. The summed E-state index contributed by atoms with van der Waals surface area (Å²) in [7, 11) is 0. The number of aliphatic hydroxyl groups is 1. The summed E-state index contributed by atoms with van der Waals surface area (Å²) >= 11 is 0. The van der Waals surface area contributed by atoms with E-state index in [-0.39, 0.29) is 5.70 Å². The third-order valence-corrected chi connectivity index (χ3v) is 1.85. The summed E-state index contributed by atoms with van der Waals surface area (Å²) < 4.78 is 0. The minimum absolute atomic E-state index is 0.117. The Morgan fingerprint density at radius 3 is 2.46 bits per heavy atom. The van der Waals surface area contributed by atoms with Gasteiger partial charge in [0.1, 0.15) is 5.60 Å². The highest BCUT2D eigenvalue weighted by Gasteiger charge is 2.43. The van der Waals surface area contributed by atoms with Crippen LogP contribution in [0.15, 0.2) is 11.8 Å². The number of imide groups is 1. The molecule has 1 aliphatic rings. The van der Waals surface area contributed by atoms with E-state index in [1.807, 2.05) is 5.32 Å². The number of nitrogens with one attached hydrogen (secondary N) is 1. The molecule has 0 heterocycles. The van der Waals surface area contributed by atoms with Crippen LogP contribution in [0.5, 0.6) is 0 Å². The average Bonchev–Trinajstić information content (AvgIpc) is 2.67. The molecule has 72 valence electrons. The maximum atomic E-state index is 10.9. The largest absolute Gasteiger partial charge is 0.400 e. The summed E-state index contributed by atoms with van der Waals surface area (Å²) in [5.41, 5.74) is 4.54. The molecule has 0 saturated heterocycles. The molecular weight excluding hydrogens is 172 g/mol. The second-order valence-electron chi connectivity index (χ2n) is 3.18. The Bertz CT molecular complexity index is 279. The predicted molar refractivity (Wildman–Crippen MR) is 45.3 cm³/mol. The molecule has 5 nitrogen and oxygen atoms in total. The predicted octanol–water partition coefficient (Wildman–Crippen LogP) is -0.983. The van der Waals surface area contributed by atoms with Crippen LogP contribution in [-0.4, -0.2) is 22.5 Å². The van der Waals surface area contributed by atoms with Gasteiger partial charge in [-0.25, -0.2) is 0 Å². The number of amides is 2. The topological polar surface area (TPSA) is 92.4 Å². The van der Waals surface area contributed by atoms with Crippen LogP contribution < -0.4 is 11.1 Å². The van der Waals surface area contributed by atoms with Crippen LogP contribution in [0.4, 0.5) is 0 Å². The van der Waals surface area contributed by atoms with E-state index < -0.39 is 17.4 Å². The van der Waals surface area contributed by atoms with E-state index in [1.54, 1.807) is 0 Å². The lowest BCUT2D eigenvalue weighted by Gasteiger charge is -2.06. The summed E-state index contributed by atoms with van der Waals surface area (Å²) in [4.78, 5) is 21.4. The highest BCUT2D eigenvalue weighted by atomic mass is 16.3. The molecule has 0 radical (unpaired) electrons. The Kier molecular flexibility index (Phi) is 2.38. The highest BCUT2D eigenvalue weighted by molar-refractivity contribution is 6.00. The summed E-state index contributed by atoms with van der Waals surface area (Å²) in [5.74, 6) is -1.04. The second-order valence-corrected chi connectivity index (χ2v) is 3.18. The number of hydrogen-bond donors (Lipinski definition) is 3. The standard InChI is InChI=1S/C8H12N2O3/c1-5(11)10-7(12)4-6(9)8(13)2-3-8/h4,13H,2-3,9H2,1H3,(H,10,11,12). The van der Waals surface area contributed by atoms with Gasteiger partial charge in [0, 0.05) is 18.7 Å². The number of carbonyl (C=O) groups excluding carboxylic acids is 2. The number of hydrogen-bond acceptors (Lipinski definition) is 4. The fraction of sp³-hybridized carbons (Fsp3) is 0.500. The van der Waals surface area contributed by atoms with Crippen molar-refractivity contribution in [2.24, 2.45) is 5.73 Å². The van der Waals surface area contributed by atoms with Crippen LogP contribution >= 0.6 is 0 Å². The SMILES string of the molecule is CC(=O)NC(=O)C=C(N)C1(O)CC1. The van der Waals surface area contributed by atoms with Crippen LogP contribution in [0.1, 0.15) is 19.8 Å². The molecule has 1 fully saturated rings. The monoisotopic (exact) mass is 184 g/mol. The van der Waals surface area contributed by atoms with E-state index in [9.17, 15) is 14.7 Å². The minimum atomic E-state index is -1.01. The first kappa shape index (κ1) is 9.73. The van der Waals surface area contributed by atoms with Gasteiger partial charge in [-0.15, -0.1) is 0 Å². The molecule has 0 aliphatic heterocycles. The van der Waals surface area contributed by atoms with Crippen molar-refractivity contribution in [3.63, 3.8) is 0 Å². The van der Waals surface area contributed by atoms with Gasteiger partial charge in [-0.2, -0.15) is 0 Å². The zero-order valence-electron chi connectivity index (χ0n) is 7.33. The van der Waals surface area contributed by atoms with Crippen molar-refractivity contribution in [3.05, 3.63) is 11.8 Å². The molecule has 0 aromatic heterocycles. The maximum Gasteiger partial charge on any atom is 0.252 e. The molecule has 0 atom stereocenters. The van der Waals surface area contributed by atoms with Gasteiger partial charge in [-0.3, -0.25) is 14.9 Å². The van der Waals surface area contributed by atoms with Crippen molar-refractivity contribution in [3.8, 4) is 0 Å². The maximum absolute atomic E-state index is 10.9. The molecule has 5 heteroatoms. The molecule has 2 amide bonds. The second kappa shape index (κ2) is 3.18. The normalized spacial score (nSPS) is 19.4. The molecule has 1 saturated carbocycles. The average molecular weight is 184 g/mol. The van der Waals surface area contributed by atoms with Crippen LogP contribution in [0.25, 0.3) is 0 Å². The molecule has 0 unspecified atom stereocenters. The van der Waals surface area contributed by atoms with Crippen molar-refractivity contribution in [1.82, 2.24) is 5.32 Å². The van der Waals surface area contributed by atoms with Crippen LogP contribution in [0.2, 0.25) is 0 Å². The van der Waals surface area contributed by atoms with E-state index in [4.69, 9.17) is 5.73 Å². The van der Waals surface area contributed by atoms with Gasteiger partial charge < -0.3 is 10.8 Å². The molecule has 1 aliphatic carbocycles. The highest BCUT2D eigenvalue weighted by Crippen LogP contribution is 2.39. The van der Waals surface area contributed by atoms with Crippen LogP contribution in [0, 0.1) is 0 Å². The Labute approximate surface area is 75.6 Å². The first-order chi connectivity index (χ1) is 5.94. The van der Waals surface area contributed by atoms with Crippen molar-refractivity contribution in [2.75, 3.05) is 0 Å². The van der Waals surface area contributed by atoms with Crippen molar-refractivity contribution in [2.45, 2.75) is 25.4 Å². The van der Waals surface area contributed by atoms with Gasteiger partial charge >= 0.3 is 0 Å². The Hall–Kier alpha value is -1.36. The Morgan fingerprint density at radius 2 is 2.08 bits per heavy atom. The molecular formula is C8H12N2O3. The van der Waals surface area contributed by atoms with E-state index in [0.29, 0.717) is 12.8 Å². The van der Waals surface area contributed by atoms with E-state index in [1.165, 1.54) is 6.92 Å². The van der Waals surface area contributed by atoms with Gasteiger partial charge in [-0.1, -0.05) is 0 Å². The van der Waals surface area contributed by atoms with Crippen LogP contribution in [-0.2, 0) is 9.59 Å². The van der Waals surface area contributed by atoms with Gasteiger partial charge in [0.25, 0.3) is 5.91 Å². The van der Waals surface area contributed by atoms with Crippen molar-refractivity contribution >= 4 is 11.8 Å². The van der Waals surface area contributed by atoms with E-state index in [2.05, 4.69) is 0 Å². The first-order valence-corrected chi connectivity index (χ1v) is 3.95. The molecule has 0 aromatic rings. The number of rotatable bonds is 2. The third-order valence-electron chi connectivity index (χ3n) is 1.85. The van der Waals surface area contributed by atoms with Gasteiger partial charge in [0.05, 0.1) is 0 Å².